The van der Waals surface area contributed by atoms with Crippen LogP contribution in [-0.2, 0) is 0 Å². The summed E-state index contributed by atoms with van der Waals surface area (Å²) in [4.78, 5) is 11.6. The summed E-state index contributed by atoms with van der Waals surface area (Å²) in [5.74, 6) is 0.142. The van der Waals surface area contributed by atoms with E-state index in [1.165, 1.54) is 19.4 Å². The number of hydrogen-bond donors (Lipinski definition) is 2. The van der Waals surface area contributed by atoms with Crippen molar-refractivity contribution in [3.8, 4) is 11.5 Å². The average Bonchev–Trinajstić information content (AvgIpc) is 2.99. The molecule has 0 unspecified atom stereocenters. The number of carbonyl (C=O) groups is 1. The van der Waals surface area contributed by atoms with E-state index < -0.39 is 5.91 Å². The van der Waals surface area contributed by atoms with Crippen LogP contribution >= 0.6 is 0 Å². The van der Waals surface area contributed by atoms with E-state index in [4.69, 9.17) is 9.15 Å². The highest BCUT2D eigenvalue weighted by Gasteiger charge is 2.08. The predicted octanol–water partition coefficient (Wildman–Crippen LogP) is 2.15. The Morgan fingerprint density at radius 3 is 2.85 bits per heavy atom. The van der Waals surface area contributed by atoms with E-state index in [9.17, 15) is 9.90 Å². The van der Waals surface area contributed by atoms with Gasteiger partial charge in [0.2, 0.25) is 0 Å². The van der Waals surface area contributed by atoms with Gasteiger partial charge in [0.1, 0.15) is 0 Å². The Morgan fingerprint density at radius 1 is 1.40 bits per heavy atom. The van der Waals surface area contributed by atoms with Crippen molar-refractivity contribution in [2.45, 2.75) is 6.92 Å². The lowest BCUT2D eigenvalue weighted by molar-refractivity contribution is 0.0927. The topological polar surface area (TPSA) is 84.1 Å². The van der Waals surface area contributed by atoms with Crippen LogP contribution in [0.1, 0.15) is 23.0 Å². The number of methoxy groups -OCH3 is 1. The van der Waals surface area contributed by atoms with Gasteiger partial charge in [0, 0.05) is 5.56 Å². The van der Waals surface area contributed by atoms with Gasteiger partial charge in [-0.3, -0.25) is 4.79 Å². The van der Waals surface area contributed by atoms with Crippen molar-refractivity contribution in [3.05, 3.63) is 47.9 Å². The standard InChI is InChI=1S/C14H14N2O4/c1-9(10-5-6-11(17)13(8-10)19-2)15-16-14(18)12-4-3-7-20-12/h3-8,17H,1-2H3,(H,16,18). The number of hydrogen-bond acceptors (Lipinski definition) is 5. The number of nitrogens with one attached hydrogen (secondary N) is 1. The minimum Gasteiger partial charge on any atom is -0.504 e. The molecule has 0 saturated heterocycles. The maximum atomic E-state index is 11.6. The second-order valence-corrected chi connectivity index (χ2v) is 4.00. The predicted molar refractivity (Wildman–Crippen MR) is 73.0 cm³/mol. The molecule has 0 spiro atoms. The Bertz CT molecular complexity index is 633. The first-order chi connectivity index (χ1) is 9.61. The van der Waals surface area contributed by atoms with Crippen molar-refractivity contribution in [2.24, 2.45) is 5.10 Å². The first-order valence-electron chi connectivity index (χ1n) is 5.87. The minimum absolute atomic E-state index is 0.0451. The highest BCUT2D eigenvalue weighted by atomic mass is 16.5. The second-order valence-electron chi connectivity index (χ2n) is 4.00. The molecule has 1 aromatic carbocycles. The van der Waals surface area contributed by atoms with Crippen molar-refractivity contribution in [1.29, 1.82) is 0 Å². The SMILES string of the molecule is COc1cc(C(C)=NNC(=O)c2ccco2)ccc1O. The van der Waals surface area contributed by atoms with Crippen LogP contribution in [0.2, 0.25) is 0 Å². The summed E-state index contributed by atoms with van der Waals surface area (Å²) >= 11 is 0. The highest BCUT2D eigenvalue weighted by molar-refractivity contribution is 6.00. The van der Waals surface area contributed by atoms with Gasteiger partial charge < -0.3 is 14.3 Å². The van der Waals surface area contributed by atoms with Gasteiger partial charge in [-0.15, -0.1) is 0 Å². The molecule has 2 rings (SSSR count). The van der Waals surface area contributed by atoms with Crippen molar-refractivity contribution >= 4 is 11.6 Å². The number of carbonyl (C=O) groups excluding carboxylic acids is 1. The smallest absolute Gasteiger partial charge is 0.307 e. The lowest BCUT2D eigenvalue weighted by Crippen LogP contribution is -2.18. The third-order valence-corrected chi connectivity index (χ3v) is 2.67. The van der Waals surface area contributed by atoms with Crippen molar-refractivity contribution in [1.82, 2.24) is 5.43 Å². The Labute approximate surface area is 115 Å². The van der Waals surface area contributed by atoms with Crippen LogP contribution in [-0.4, -0.2) is 23.8 Å². The molecule has 0 aliphatic carbocycles. The molecular formula is C14H14N2O4. The molecule has 0 saturated carbocycles. The number of aromatic hydroxyl groups is 1. The summed E-state index contributed by atoms with van der Waals surface area (Å²) in [6.07, 6.45) is 1.41. The van der Waals surface area contributed by atoms with Gasteiger partial charge in [0.25, 0.3) is 0 Å². The third-order valence-electron chi connectivity index (χ3n) is 2.67. The third kappa shape index (κ3) is 2.97. The first kappa shape index (κ1) is 13.7. The number of furan rings is 1. The van der Waals surface area contributed by atoms with Crippen LogP contribution in [0.4, 0.5) is 0 Å². The molecular weight excluding hydrogens is 260 g/mol. The molecule has 6 nitrogen and oxygen atoms in total. The van der Waals surface area contributed by atoms with Crippen molar-refractivity contribution in [2.75, 3.05) is 7.11 Å². The van der Waals surface area contributed by atoms with Gasteiger partial charge >= 0.3 is 5.91 Å². The number of ether oxygens (including phenoxy) is 1. The molecule has 0 bridgehead atoms. The van der Waals surface area contributed by atoms with Crippen LogP contribution in [0, 0.1) is 0 Å². The lowest BCUT2D eigenvalue weighted by Gasteiger charge is -2.06. The fraction of sp³-hybridized carbons (Fsp3) is 0.143. The van der Waals surface area contributed by atoms with Crippen LogP contribution in [0.3, 0.4) is 0 Å². The zero-order valence-electron chi connectivity index (χ0n) is 11.1. The molecule has 0 aliphatic heterocycles. The van der Waals surface area contributed by atoms with E-state index in [0.717, 1.165) is 5.56 Å². The van der Waals surface area contributed by atoms with Crippen molar-refractivity contribution < 1.29 is 19.1 Å². The van der Waals surface area contributed by atoms with E-state index >= 15 is 0 Å². The summed E-state index contributed by atoms with van der Waals surface area (Å²) in [5.41, 5.74) is 3.68. The van der Waals surface area contributed by atoms with Gasteiger partial charge in [-0.25, -0.2) is 5.43 Å². The number of phenolic OH excluding ortho intramolecular Hbond substituents is 1. The molecule has 1 amide bonds. The minimum atomic E-state index is -0.430. The molecule has 20 heavy (non-hydrogen) atoms. The zero-order valence-corrected chi connectivity index (χ0v) is 11.1. The fourth-order valence-corrected chi connectivity index (χ4v) is 1.56. The molecule has 1 heterocycles. The second kappa shape index (κ2) is 5.92. The van der Waals surface area contributed by atoms with Crippen LogP contribution in [0.5, 0.6) is 11.5 Å². The van der Waals surface area contributed by atoms with Crippen molar-refractivity contribution in [3.63, 3.8) is 0 Å². The summed E-state index contributed by atoms with van der Waals surface area (Å²) in [5, 5.41) is 13.5. The average molecular weight is 274 g/mol. The lowest BCUT2D eigenvalue weighted by atomic mass is 10.1. The molecule has 6 heteroatoms. The van der Waals surface area contributed by atoms with E-state index in [1.807, 2.05) is 0 Å². The number of hydrazone groups is 1. The van der Waals surface area contributed by atoms with E-state index in [0.29, 0.717) is 11.5 Å². The molecule has 2 N–H and O–H groups in total. The number of rotatable bonds is 4. The summed E-state index contributed by atoms with van der Waals surface area (Å²) in [6.45, 7) is 1.73. The molecule has 0 fully saturated rings. The van der Waals surface area contributed by atoms with Crippen LogP contribution in [0.15, 0.2) is 46.1 Å². The van der Waals surface area contributed by atoms with Gasteiger partial charge in [-0.05, 0) is 37.3 Å². The molecule has 1 aromatic heterocycles. The van der Waals surface area contributed by atoms with E-state index in [-0.39, 0.29) is 11.5 Å². The zero-order chi connectivity index (χ0) is 14.5. The Morgan fingerprint density at radius 2 is 2.20 bits per heavy atom. The van der Waals surface area contributed by atoms with Gasteiger partial charge in [0.15, 0.2) is 17.3 Å². The quantitative estimate of drug-likeness (QED) is 0.661. The Kier molecular flexibility index (Phi) is 4.05. The molecule has 0 atom stereocenters. The van der Waals surface area contributed by atoms with Crippen LogP contribution in [0.25, 0.3) is 0 Å². The molecule has 0 radical (unpaired) electrons. The Hall–Kier alpha value is -2.76. The van der Waals surface area contributed by atoms with Crippen LogP contribution < -0.4 is 10.2 Å². The largest absolute Gasteiger partial charge is 0.504 e. The van der Waals surface area contributed by atoms with Gasteiger partial charge in [-0.2, -0.15) is 5.10 Å². The van der Waals surface area contributed by atoms with Gasteiger partial charge in [-0.1, -0.05) is 0 Å². The summed E-state index contributed by atoms with van der Waals surface area (Å²) in [6, 6.07) is 7.98. The first-order valence-corrected chi connectivity index (χ1v) is 5.87. The summed E-state index contributed by atoms with van der Waals surface area (Å²) < 4.78 is 9.96. The maximum absolute atomic E-state index is 11.6. The Balaban J connectivity index is 2.12. The molecule has 0 aliphatic rings. The highest BCUT2D eigenvalue weighted by Crippen LogP contribution is 2.26. The monoisotopic (exact) mass is 274 g/mol. The summed E-state index contributed by atoms with van der Waals surface area (Å²) in [7, 11) is 1.46. The molecule has 2 aromatic rings. The normalized spacial score (nSPS) is 11.2. The van der Waals surface area contributed by atoms with E-state index in [2.05, 4.69) is 10.5 Å². The number of phenols is 1. The number of nitrogens with zero attached hydrogens (tertiary/aromatic N) is 1. The van der Waals surface area contributed by atoms with Gasteiger partial charge in [0.05, 0.1) is 19.1 Å². The fourth-order valence-electron chi connectivity index (χ4n) is 1.56. The maximum Gasteiger partial charge on any atom is 0.307 e. The number of benzene rings is 1. The number of amides is 1. The van der Waals surface area contributed by atoms with E-state index in [1.54, 1.807) is 31.2 Å². The molecule has 104 valence electrons.